The molecule has 1 aliphatic rings. The predicted octanol–water partition coefficient (Wildman–Crippen LogP) is 5.90. The van der Waals surface area contributed by atoms with Crippen LogP contribution in [0.3, 0.4) is 0 Å². The summed E-state index contributed by atoms with van der Waals surface area (Å²) in [6, 6.07) is 17.6. The van der Waals surface area contributed by atoms with Crippen molar-refractivity contribution in [2.75, 3.05) is 67.4 Å². The summed E-state index contributed by atoms with van der Waals surface area (Å²) in [5.74, 6) is 0.0948. The van der Waals surface area contributed by atoms with Crippen molar-refractivity contribution in [3.8, 4) is 0 Å². The molecule has 5 rings (SSSR count). The number of amides is 2. The number of nitrogens with one attached hydrogen (secondary N) is 2. The van der Waals surface area contributed by atoms with Crippen molar-refractivity contribution in [1.29, 1.82) is 0 Å². The van der Waals surface area contributed by atoms with Gasteiger partial charge in [0.15, 0.2) is 0 Å². The third kappa shape index (κ3) is 8.87. The Kier molecular flexibility index (Phi) is 10.9. The molecule has 0 radical (unpaired) electrons. The molecule has 0 aliphatic carbocycles. The fraction of sp³-hybridized carbons (Fsp3) is 0.314. The van der Waals surface area contributed by atoms with E-state index in [1.807, 2.05) is 37.1 Å². The van der Waals surface area contributed by atoms with Gasteiger partial charge in [0, 0.05) is 74.7 Å². The summed E-state index contributed by atoms with van der Waals surface area (Å²) in [7, 11) is 3.46. The molecule has 0 bridgehead atoms. The number of rotatable bonds is 12. The highest BCUT2D eigenvalue weighted by atomic mass is 19.4. The van der Waals surface area contributed by atoms with Crippen LogP contribution in [-0.4, -0.2) is 74.1 Å². The van der Waals surface area contributed by atoms with Crippen molar-refractivity contribution in [1.82, 2.24) is 14.9 Å². The molecular weight excluding hydrogens is 623 g/mol. The normalized spacial score (nSPS) is 13.5. The van der Waals surface area contributed by atoms with Crippen LogP contribution in [0.15, 0.2) is 72.9 Å². The maximum absolute atomic E-state index is 13.2. The third-order valence-electron chi connectivity index (χ3n) is 8.10. The Morgan fingerprint density at radius 2 is 1.75 bits per heavy atom. The molecule has 0 unspecified atom stereocenters. The van der Waals surface area contributed by atoms with Gasteiger partial charge in [-0.2, -0.15) is 18.2 Å². The smallest absolute Gasteiger partial charge is 0.379 e. The quantitative estimate of drug-likeness (QED) is 0.181. The summed E-state index contributed by atoms with van der Waals surface area (Å²) in [5.41, 5.74) is 3.78. The zero-order valence-electron chi connectivity index (χ0n) is 27.1. The van der Waals surface area contributed by atoms with E-state index in [0.29, 0.717) is 36.0 Å². The van der Waals surface area contributed by atoms with Gasteiger partial charge in [-0.15, -0.1) is 0 Å². The first-order chi connectivity index (χ1) is 23.0. The number of aromatic nitrogens is 2. The first-order valence-corrected chi connectivity index (χ1v) is 15.5. The molecule has 3 aromatic carbocycles. The van der Waals surface area contributed by atoms with Crippen LogP contribution < -0.4 is 20.4 Å². The number of ether oxygens (including phenoxy) is 1. The lowest BCUT2D eigenvalue weighted by atomic mass is 10.1. The van der Waals surface area contributed by atoms with E-state index < -0.39 is 17.6 Å². The second kappa shape index (κ2) is 15.3. The highest BCUT2D eigenvalue weighted by Crippen LogP contribution is 2.31. The van der Waals surface area contributed by atoms with Crippen LogP contribution >= 0.6 is 0 Å². The van der Waals surface area contributed by atoms with Crippen molar-refractivity contribution in [3.63, 3.8) is 0 Å². The number of benzene rings is 3. The lowest BCUT2D eigenvalue weighted by Crippen LogP contribution is -2.37. The Bertz CT molecular complexity index is 1730. The molecule has 2 N–H and O–H groups in total. The van der Waals surface area contributed by atoms with E-state index in [4.69, 9.17) is 4.74 Å². The lowest BCUT2D eigenvalue weighted by molar-refractivity contribution is -0.137. The van der Waals surface area contributed by atoms with Crippen LogP contribution in [0, 0.1) is 6.92 Å². The van der Waals surface area contributed by atoms with Crippen LogP contribution in [0.25, 0.3) is 0 Å². The van der Waals surface area contributed by atoms with Crippen LogP contribution in [0.5, 0.6) is 0 Å². The third-order valence-corrected chi connectivity index (χ3v) is 8.10. The number of anilines is 5. The van der Waals surface area contributed by atoms with Crippen LogP contribution in [0.4, 0.5) is 42.0 Å². The van der Waals surface area contributed by atoms with Crippen molar-refractivity contribution < 1.29 is 27.5 Å². The number of nitrogens with zero attached hydrogens (tertiary/aromatic N) is 5. The fourth-order valence-electron chi connectivity index (χ4n) is 5.40. The molecule has 0 spiro atoms. The number of morpholine rings is 1. The SMILES string of the molecule is Cc1ccc(NC(=O)c2cccc(C(F)(F)F)c2)cc1N(C)Cc1cnc(Nc2ccc(CCN3CCOCC3)cc2)nc1N(C)C=O. The van der Waals surface area contributed by atoms with Gasteiger partial charge in [-0.05, 0) is 66.9 Å². The molecule has 10 nitrogen and oxygen atoms in total. The summed E-state index contributed by atoms with van der Waals surface area (Å²) in [6.07, 6.45) is -1.28. The minimum Gasteiger partial charge on any atom is -0.379 e. The lowest BCUT2D eigenvalue weighted by Gasteiger charge is -2.26. The van der Waals surface area contributed by atoms with Crippen LogP contribution in [-0.2, 0) is 28.7 Å². The summed E-state index contributed by atoms with van der Waals surface area (Å²) in [5, 5.41) is 5.91. The Morgan fingerprint density at radius 3 is 2.46 bits per heavy atom. The Balaban J connectivity index is 1.26. The zero-order valence-corrected chi connectivity index (χ0v) is 27.1. The van der Waals surface area contributed by atoms with Crippen LogP contribution in [0.2, 0.25) is 0 Å². The Labute approximate surface area is 277 Å². The van der Waals surface area contributed by atoms with E-state index in [1.54, 1.807) is 25.4 Å². The van der Waals surface area contributed by atoms with E-state index in [1.165, 1.54) is 22.6 Å². The van der Waals surface area contributed by atoms with Crippen molar-refractivity contribution in [2.24, 2.45) is 0 Å². The Hall–Kier alpha value is -5.01. The van der Waals surface area contributed by atoms with Gasteiger partial charge in [-0.1, -0.05) is 24.3 Å². The fourth-order valence-corrected chi connectivity index (χ4v) is 5.40. The van der Waals surface area contributed by atoms with Gasteiger partial charge < -0.3 is 25.2 Å². The van der Waals surface area contributed by atoms with Gasteiger partial charge in [0.1, 0.15) is 5.82 Å². The Morgan fingerprint density at radius 1 is 1.02 bits per heavy atom. The summed E-state index contributed by atoms with van der Waals surface area (Å²) < 4.78 is 44.9. The van der Waals surface area contributed by atoms with E-state index in [9.17, 15) is 22.8 Å². The van der Waals surface area contributed by atoms with Crippen molar-refractivity contribution in [2.45, 2.75) is 26.1 Å². The average Bonchev–Trinajstić information content (AvgIpc) is 3.09. The van der Waals surface area contributed by atoms with Gasteiger partial charge >= 0.3 is 6.18 Å². The van der Waals surface area contributed by atoms with E-state index in [0.717, 1.165) is 68.3 Å². The number of alkyl halides is 3. The molecule has 252 valence electrons. The second-order valence-corrected chi connectivity index (χ2v) is 11.7. The van der Waals surface area contributed by atoms with Gasteiger partial charge in [0.25, 0.3) is 5.91 Å². The van der Waals surface area contributed by atoms with Crippen molar-refractivity contribution in [3.05, 3.63) is 101 Å². The minimum absolute atomic E-state index is 0.104. The molecule has 1 aliphatic heterocycles. The summed E-state index contributed by atoms with van der Waals surface area (Å²) in [4.78, 5) is 39.5. The molecule has 48 heavy (non-hydrogen) atoms. The maximum atomic E-state index is 13.2. The number of halogens is 3. The number of aryl methyl sites for hydroxylation is 1. The molecule has 0 atom stereocenters. The summed E-state index contributed by atoms with van der Waals surface area (Å²) >= 11 is 0. The van der Waals surface area contributed by atoms with Gasteiger partial charge in [0.05, 0.1) is 18.8 Å². The minimum atomic E-state index is -4.56. The average molecular weight is 662 g/mol. The molecule has 13 heteroatoms. The van der Waals surface area contributed by atoms with E-state index in [-0.39, 0.29) is 5.56 Å². The first-order valence-electron chi connectivity index (χ1n) is 15.5. The molecule has 4 aromatic rings. The monoisotopic (exact) mass is 661 g/mol. The highest BCUT2D eigenvalue weighted by Gasteiger charge is 2.31. The molecule has 2 amide bonds. The second-order valence-electron chi connectivity index (χ2n) is 11.7. The van der Waals surface area contributed by atoms with E-state index in [2.05, 4.69) is 37.6 Å². The molecule has 1 aromatic heterocycles. The van der Waals surface area contributed by atoms with Gasteiger partial charge in [-0.3, -0.25) is 14.5 Å². The molecular formula is C35H38F3N7O3. The molecule has 0 saturated carbocycles. The molecule has 2 heterocycles. The predicted molar refractivity (Wildman–Crippen MR) is 180 cm³/mol. The zero-order chi connectivity index (χ0) is 34.3. The van der Waals surface area contributed by atoms with Crippen LogP contribution in [0.1, 0.15) is 32.6 Å². The van der Waals surface area contributed by atoms with Gasteiger partial charge in [-0.25, -0.2) is 4.98 Å². The first kappa shape index (κ1) is 34.3. The molecule has 1 fully saturated rings. The molecule has 1 saturated heterocycles. The largest absolute Gasteiger partial charge is 0.416 e. The highest BCUT2D eigenvalue weighted by molar-refractivity contribution is 6.04. The van der Waals surface area contributed by atoms with Crippen molar-refractivity contribution >= 4 is 41.1 Å². The van der Waals surface area contributed by atoms with E-state index >= 15 is 0 Å². The van der Waals surface area contributed by atoms with Gasteiger partial charge in [0.2, 0.25) is 12.4 Å². The summed E-state index contributed by atoms with van der Waals surface area (Å²) in [6.45, 7) is 6.67. The number of hydrogen-bond donors (Lipinski definition) is 2. The maximum Gasteiger partial charge on any atom is 0.416 e. The standard InChI is InChI=1S/C35H38F3N7O3/c1-24-7-10-30(40-33(47)26-5-4-6-28(19-26)35(36,37)38)20-31(24)43(2)22-27-21-39-34(42-32(27)44(3)23-46)41-29-11-8-25(9-12-29)13-14-45-15-17-48-18-16-45/h4-12,19-21,23H,13-18,22H2,1-3H3,(H,40,47)(H,39,41,42). The number of hydrogen-bond acceptors (Lipinski definition) is 8. The number of carbonyl (C=O) groups is 2. The topological polar surface area (TPSA) is 103 Å². The number of carbonyl (C=O) groups excluding carboxylic acids is 2.